The van der Waals surface area contributed by atoms with Crippen LogP contribution in [0, 0.1) is 17.8 Å². The molecule has 2 aliphatic carbocycles. The first-order valence-corrected chi connectivity index (χ1v) is 9.28. The van der Waals surface area contributed by atoms with E-state index < -0.39 is 0 Å². The van der Waals surface area contributed by atoms with Crippen LogP contribution in [0.4, 0.5) is 0 Å². The SMILES string of the molecule is CC1CCCCC1CN1CCNC(C2CCCCC2)C1. The molecule has 3 rings (SSSR count). The third-order valence-corrected chi connectivity index (χ3v) is 6.29. The number of piperazine rings is 1. The summed E-state index contributed by atoms with van der Waals surface area (Å²) in [6, 6.07) is 0.794. The van der Waals surface area contributed by atoms with Gasteiger partial charge in [0.15, 0.2) is 0 Å². The van der Waals surface area contributed by atoms with Crippen molar-refractivity contribution in [3.05, 3.63) is 0 Å². The van der Waals surface area contributed by atoms with Gasteiger partial charge in [-0.3, -0.25) is 0 Å². The number of nitrogens with one attached hydrogen (secondary N) is 1. The lowest BCUT2D eigenvalue weighted by molar-refractivity contribution is 0.105. The van der Waals surface area contributed by atoms with Crippen LogP contribution in [-0.2, 0) is 0 Å². The van der Waals surface area contributed by atoms with E-state index >= 15 is 0 Å². The molecule has 1 heterocycles. The molecule has 1 aliphatic heterocycles. The molecule has 3 aliphatic rings. The number of hydrogen-bond acceptors (Lipinski definition) is 2. The summed E-state index contributed by atoms with van der Waals surface area (Å²) in [7, 11) is 0. The molecule has 0 aromatic rings. The maximum absolute atomic E-state index is 3.83. The van der Waals surface area contributed by atoms with Gasteiger partial charge in [0.25, 0.3) is 0 Å². The average Bonchev–Trinajstić information content (AvgIpc) is 2.51. The minimum Gasteiger partial charge on any atom is -0.311 e. The number of hydrogen-bond donors (Lipinski definition) is 1. The van der Waals surface area contributed by atoms with Gasteiger partial charge < -0.3 is 10.2 Å². The van der Waals surface area contributed by atoms with Crippen LogP contribution in [0.15, 0.2) is 0 Å². The first-order valence-electron chi connectivity index (χ1n) is 9.28. The van der Waals surface area contributed by atoms with Crippen LogP contribution in [0.3, 0.4) is 0 Å². The van der Waals surface area contributed by atoms with Gasteiger partial charge in [0, 0.05) is 32.2 Å². The van der Waals surface area contributed by atoms with Crippen LogP contribution in [0.25, 0.3) is 0 Å². The third-order valence-electron chi connectivity index (χ3n) is 6.29. The predicted molar refractivity (Wildman–Crippen MR) is 85.9 cm³/mol. The maximum atomic E-state index is 3.83. The molecule has 1 N–H and O–H groups in total. The minimum absolute atomic E-state index is 0.794. The molecule has 3 fully saturated rings. The van der Waals surface area contributed by atoms with E-state index in [2.05, 4.69) is 17.1 Å². The van der Waals surface area contributed by atoms with Gasteiger partial charge in [-0.25, -0.2) is 0 Å². The lowest BCUT2D eigenvalue weighted by atomic mass is 9.79. The Morgan fingerprint density at radius 3 is 2.50 bits per heavy atom. The molecule has 0 spiro atoms. The fourth-order valence-corrected chi connectivity index (χ4v) is 4.86. The molecule has 0 radical (unpaired) electrons. The van der Waals surface area contributed by atoms with Crippen LogP contribution < -0.4 is 5.32 Å². The standard InChI is InChI=1S/C18H34N2/c1-15-7-5-6-10-17(15)13-20-12-11-19-18(14-20)16-8-3-2-4-9-16/h15-19H,2-14H2,1H3. The van der Waals surface area contributed by atoms with Crippen molar-refractivity contribution in [1.29, 1.82) is 0 Å². The fourth-order valence-electron chi connectivity index (χ4n) is 4.86. The molecule has 0 bridgehead atoms. The van der Waals surface area contributed by atoms with Gasteiger partial charge in [-0.15, -0.1) is 0 Å². The van der Waals surface area contributed by atoms with Crippen molar-refractivity contribution in [2.45, 2.75) is 70.8 Å². The van der Waals surface area contributed by atoms with Gasteiger partial charge in [0.05, 0.1) is 0 Å². The van der Waals surface area contributed by atoms with Gasteiger partial charge >= 0.3 is 0 Å². The molecule has 3 unspecified atom stereocenters. The molecule has 2 nitrogen and oxygen atoms in total. The highest BCUT2D eigenvalue weighted by atomic mass is 15.2. The predicted octanol–water partition coefficient (Wildman–Crippen LogP) is 3.67. The van der Waals surface area contributed by atoms with E-state index in [4.69, 9.17) is 0 Å². The summed E-state index contributed by atoms with van der Waals surface area (Å²) in [5.74, 6) is 2.91. The Kier molecular flexibility index (Phi) is 5.39. The zero-order valence-electron chi connectivity index (χ0n) is 13.4. The Morgan fingerprint density at radius 1 is 0.950 bits per heavy atom. The molecule has 1 saturated heterocycles. The van der Waals surface area contributed by atoms with Gasteiger partial charge in [0.1, 0.15) is 0 Å². The third kappa shape index (κ3) is 3.76. The van der Waals surface area contributed by atoms with E-state index in [1.165, 1.54) is 84.0 Å². The Bertz CT molecular complexity index is 285. The zero-order chi connectivity index (χ0) is 13.8. The summed E-state index contributed by atoms with van der Waals surface area (Å²) in [6.45, 7) is 7.71. The summed E-state index contributed by atoms with van der Waals surface area (Å²) in [5.41, 5.74) is 0. The second-order valence-electron chi connectivity index (χ2n) is 7.74. The number of rotatable bonds is 3. The Labute approximate surface area is 125 Å². The Hall–Kier alpha value is -0.0800. The molecule has 0 aromatic carbocycles. The lowest BCUT2D eigenvalue weighted by Crippen LogP contribution is -2.55. The molecule has 116 valence electrons. The topological polar surface area (TPSA) is 15.3 Å². The van der Waals surface area contributed by atoms with Crippen LogP contribution in [-0.4, -0.2) is 37.1 Å². The number of nitrogens with zero attached hydrogens (tertiary/aromatic N) is 1. The first-order chi connectivity index (χ1) is 9.83. The molecular formula is C18H34N2. The first kappa shape index (κ1) is 14.8. The molecule has 2 heteroatoms. The van der Waals surface area contributed by atoms with Gasteiger partial charge in [-0.2, -0.15) is 0 Å². The average molecular weight is 278 g/mol. The molecule has 20 heavy (non-hydrogen) atoms. The van der Waals surface area contributed by atoms with Crippen LogP contribution in [0.2, 0.25) is 0 Å². The smallest absolute Gasteiger partial charge is 0.0223 e. The van der Waals surface area contributed by atoms with Crippen molar-refractivity contribution in [3.8, 4) is 0 Å². The van der Waals surface area contributed by atoms with Crippen LogP contribution in [0.1, 0.15) is 64.7 Å². The summed E-state index contributed by atoms with van der Waals surface area (Å²) in [6.07, 6.45) is 13.3. The highest BCUT2D eigenvalue weighted by molar-refractivity contribution is 4.87. The quantitative estimate of drug-likeness (QED) is 0.847. The highest BCUT2D eigenvalue weighted by Crippen LogP contribution is 2.31. The van der Waals surface area contributed by atoms with Crippen LogP contribution in [0.5, 0.6) is 0 Å². The second-order valence-corrected chi connectivity index (χ2v) is 7.74. The fraction of sp³-hybridized carbons (Fsp3) is 1.00. The maximum Gasteiger partial charge on any atom is 0.0223 e. The highest BCUT2D eigenvalue weighted by Gasteiger charge is 2.30. The van der Waals surface area contributed by atoms with E-state index in [1.54, 1.807) is 0 Å². The van der Waals surface area contributed by atoms with Crippen molar-refractivity contribution < 1.29 is 0 Å². The summed E-state index contributed by atoms with van der Waals surface area (Å²) < 4.78 is 0. The van der Waals surface area contributed by atoms with Gasteiger partial charge in [0.2, 0.25) is 0 Å². The molecule has 2 saturated carbocycles. The van der Waals surface area contributed by atoms with Crippen molar-refractivity contribution in [2.24, 2.45) is 17.8 Å². The molecule has 0 aromatic heterocycles. The van der Waals surface area contributed by atoms with Crippen molar-refractivity contribution in [3.63, 3.8) is 0 Å². The van der Waals surface area contributed by atoms with Gasteiger partial charge in [-0.1, -0.05) is 45.4 Å². The van der Waals surface area contributed by atoms with E-state index in [9.17, 15) is 0 Å². The second kappa shape index (κ2) is 7.26. The van der Waals surface area contributed by atoms with Crippen LogP contribution >= 0.6 is 0 Å². The molecular weight excluding hydrogens is 244 g/mol. The zero-order valence-corrected chi connectivity index (χ0v) is 13.4. The van der Waals surface area contributed by atoms with E-state index in [0.717, 1.165) is 23.8 Å². The lowest BCUT2D eigenvalue weighted by Gasteiger charge is -2.42. The largest absolute Gasteiger partial charge is 0.311 e. The summed E-state index contributed by atoms with van der Waals surface area (Å²) in [4.78, 5) is 2.79. The molecule has 3 atom stereocenters. The van der Waals surface area contributed by atoms with Crippen molar-refractivity contribution in [1.82, 2.24) is 10.2 Å². The van der Waals surface area contributed by atoms with Gasteiger partial charge in [-0.05, 0) is 37.0 Å². The molecule has 0 amide bonds. The normalized spacial score (nSPS) is 38.0. The summed E-state index contributed by atoms with van der Waals surface area (Å²) in [5, 5.41) is 3.83. The Balaban J connectivity index is 1.49. The van der Waals surface area contributed by atoms with E-state index in [1.807, 2.05) is 0 Å². The minimum atomic E-state index is 0.794. The van der Waals surface area contributed by atoms with Crippen molar-refractivity contribution >= 4 is 0 Å². The van der Waals surface area contributed by atoms with E-state index in [0.29, 0.717) is 0 Å². The monoisotopic (exact) mass is 278 g/mol. The Morgan fingerprint density at radius 2 is 1.70 bits per heavy atom. The van der Waals surface area contributed by atoms with Crippen molar-refractivity contribution in [2.75, 3.05) is 26.2 Å². The van der Waals surface area contributed by atoms with E-state index in [-0.39, 0.29) is 0 Å². The summed E-state index contributed by atoms with van der Waals surface area (Å²) >= 11 is 0.